The molecule has 1 rings (SSSR count). The Balaban J connectivity index is 2.61. The van der Waals surface area contributed by atoms with E-state index in [-0.39, 0.29) is 5.75 Å². The molecular formula is C9H11BrO2S. The Morgan fingerprint density at radius 3 is 2.23 bits per heavy atom. The molecule has 0 N–H and O–H groups in total. The molecule has 1 aromatic carbocycles. The van der Waals surface area contributed by atoms with E-state index in [9.17, 15) is 8.42 Å². The predicted molar refractivity (Wildman–Crippen MR) is 57.6 cm³/mol. The van der Waals surface area contributed by atoms with Crippen LogP contribution >= 0.6 is 15.9 Å². The fourth-order valence-corrected chi connectivity index (χ4v) is 1.83. The van der Waals surface area contributed by atoms with Crippen LogP contribution < -0.4 is 0 Å². The Hall–Kier alpha value is -0.350. The van der Waals surface area contributed by atoms with Gasteiger partial charge in [-0.15, -0.1) is 0 Å². The molecule has 1 aromatic rings. The van der Waals surface area contributed by atoms with Gasteiger partial charge in [0.05, 0.1) is 5.75 Å². The average molecular weight is 263 g/mol. The van der Waals surface area contributed by atoms with Crippen LogP contribution in [0.2, 0.25) is 0 Å². The van der Waals surface area contributed by atoms with Crippen molar-refractivity contribution in [2.24, 2.45) is 0 Å². The molecule has 72 valence electrons. The number of halogens is 1. The first-order chi connectivity index (χ1) is 5.97. The van der Waals surface area contributed by atoms with Gasteiger partial charge in [0.1, 0.15) is 9.84 Å². The van der Waals surface area contributed by atoms with Crippen molar-refractivity contribution < 1.29 is 8.42 Å². The molecule has 0 aliphatic rings. The minimum atomic E-state index is -2.84. The summed E-state index contributed by atoms with van der Waals surface area (Å²) in [5, 5.41) is 0. The fraction of sp³-hybridized carbons (Fsp3) is 0.333. The van der Waals surface area contributed by atoms with Crippen LogP contribution in [0, 0.1) is 0 Å². The summed E-state index contributed by atoms with van der Waals surface area (Å²) in [4.78, 5) is 0. The van der Waals surface area contributed by atoms with Crippen LogP contribution in [0.1, 0.15) is 5.56 Å². The van der Waals surface area contributed by atoms with E-state index in [1.54, 1.807) is 0 Å². The van der Waals surface area contributed by atoms with Crippen molar-refractivity contribution in [1.29, 1.82) is 0 Å². The Morgan fingerprint density at radius 2 is 1.77 bits per heavy atom. The quantitative estimate of drug-likeness (QED) is 0.836. The maximum Gasteiger partial charge on any atom is 0.147 e. The van der Waals surface area contributed by atoms with Gasteiger partial charge in [-0.25, -0.2) is 8.42 Å². The third-order valence-corrected chi connectivity index (χ3v) is 3.15. The summed E-state index contributed by atoms with van der Waals surface area (Å²) in [5.41, 5.74) is 1.05. The van der Waals surface area contributed by atoms with E-state index in [4.69, 9.17) is 0 Å². The number of sulfone groups is 1. The maximum atomic E-state index is 10.9. The first kappa shape index (κ1) is 10.7. The van der Waals surface area contributed by atoms with Gasteiger partial charge in [-0.2, -0.15) is 0 Å². The van der Waals surface area contributed by atoms with Gasteiger partial charge in [-0.1, -0.05) is 28.1 Å². The van der Waals surface area contributed by atoms with Gasteiger partial charge in [0, 0.05) is 10.7 Å². The molecule has 0 saturated heterocycles. The van der Waals surface area contributed by atoms with Crippen LogP contribution in [0.3, 0.4) is 0 Å². The van der Waals surface area contributed by atoms with Crippen LogP contribution in [0.15, 0.2) is 28.7 Å². The lowest BCUT2D eigenvalue weighted by atomic mass is 10.2. The van der Waals surface area contributed by atoms with Crippen molar-refractivity contribution in [1.82, 2.24) is 0 Å². The summed E-state index contributed by atoms with van der Waals surface area (Å²) in [6, 6.07) is 7.68. The molecule has 0 heterocycles. The van der Waals surface area contributed by atoms with Crippen molar-refractivity contribution in [3.05, 3.63) is 34.3 Å². The molecule has 0 fully saturated rings. The molecule has 0 spiro atoms. The topological polar surface area (TPSA) is 34.1 Å². The van der Waals surface area contributed by atoms with Gasteiger partial charge in [-0.05, 0) is 24.1 Å². The number of hydrogen-bond acceptors (Lipinski definition) is 2. The average Bonchev–Trinajstić information content (AvgIpc) is 2.02. The van der Waals surface area contributed by atoms with Gasteiger partial charge in [0.25, 0.3) is 0 Å². The molecule has 4 heteroatoms. The lowest BCUT2D eigenvalue weighted by Gasteiger charge is -1.99. The molecule has 2 nitrogen and oxygen atoms in total. The number of rotatable bonds is 3. The first-order valence-electron chi connectivity index (χ1n) is 3.89. The molecule has 0 aliphatic heterocycles. The van der Waals surface area contributed by atoms with Gasteiger partial charge in [0.2, 0.25) is 0 Å². The summed E-state index contributed by atoms with van der Waals surface area (Å²) < 4.78 is 22.7. The van der Waals surface area contributed by atoms with E-state index in [1.807, 2.05) is 24.3 Å². The molecule has 0 aliphatic carbocycles. The highest BCUT2D eigenvalue weighted by atomic mass is 79.9. The normalized spacial score (nSPS) is 11.5. The first-order valence-corrected chi connectivity index (χ1v) is 6.75. The summed E-state index contributed by atoms with van der Waals surface area (Å²) in [6.45, 7) is 0. The van der Waals surface area contributed by atoms with Gasteiger partial charge in [-0.3, -0.25) is 0 Å². The minimum absolute atomic E-state index is 0.217. The Bertz CT molecular complexity index is 367. The SMILES string of the molecule is CS(=O)(=O)CCc1ccc(Br)cc1. The lowest BCUT2D eigenvalue weighted by Crippen LogP contribution is -2.05. The highest BCUT2D eigenvalue weighted by Crippen LogP contribution is 2.11. The second-order valence-electron chi connectivity index (χ2n) is 3.01. The van der Waals surface area contributed by atoms with E-state index in [2.05, 4.69) is 15.9 Å². The smallest absolute Gasteiger partial charge is 0.147 e. The summed E-state index contributed by atoms with van der Waals surface area (Å²) >= 11 is 3.32. The predicted octanol–water partition coefficient (Wildman–Crippen LogP) is 2.04. The van der Waals surface area contributed by atoms with Gasteiger partial charge >= 0.3 is 0 Å². The maximum absolute atomic E-state index is 10.9. The second-order valence-corrected chi connectivity index (χ2v) is 6.18. The van der Waals surface area contributed by atoms with Gasteiger partial charge < -0.3 is 0 Å². The molecule has 0 unspecified atom stereocenters. The van der Waals surface area contributed by atoms with E-state index in [0.29, 0.717) is 6.42 Å². The Kier molecular flexibility index (Phi) is 3.50. The van der Waals surface area contributed by atoms with E-state index < -0.39 is 9.84 Å². The second kappa shape index (κ2) is 4.24. The molecule has 0 aromatic heterocycles. The van der Waals surface area contributed by atoms with Crippen molar-refractivity contribution in [2.45, 2.75) is 6.42 Å². The molecule has 0 atom stereocenters. The summed E-state index contributed by atoms with van der Waals surface area (Å²) in [5.74, 6) is 0.217. The van der Waals surface area contributed by atoms with Crippen molar-refractivity contribution in [2.75, 3.05) is 12.0 Å². The zero-order valence-corrected chi connectivity index (χ0v) is 9.73. The largest absolute Gasteiger partial charge is 0.229 e. The monoisotopic (exact) mass is 262 g/mol. The number of hydrogen-bond donors (Lipinski definition) is 0. The highest BCUT2D eigenvalue weighted by molar-refractivity contribution is 9.10. The zero-order valence-electron chi connectivity index (χ0n) is 7.33. The molecule has 0 bridgehead atoms. The molecule has 13 heavy (non-hydrogen) atoms. The lowest BCUT2D eigenvalue weighted by molar-refractivity contribution is 0.601. The Morgan fingerprint density at radius 1 is 1.23 bits per heavy atom. The van der Waals surface area contributed by atoms with Crippen molar-refractivity contribution in [3.8, 4) is 0 Å². The molecule has 0 saturated carbocycles. The van der Waals surface area contributed by atoms with Crippen LogP contribution in [0.5, 0.6) is 0 Å². The molecular weight excluding hydrogens is 252 g/mol. The van der Waals surface area contributed by atoms with Crippen LogP contribution in [0.4, 0.5) is 0 Å². The number of benzene rings is 1. The summed E-state index contributed by atoms with van der Waals surface area (Å²) in [6.07, 6.45) is 1.85. The standard InChI is InChI=1S/C9H11BrO2S/c1-13(11,12)7-6-8-2-4-9(10)5-3-8/h2-5H,6-7H2,1H3. The van der Waals surface area contributed by atoms with Gasteiger partial charge in [0.15, 0.2) is 0 Å². The molecule has 0 amide bonds. The van der Waals surface area contributed by atoms with E-state index in [1.165, 1.54) is 6.26 Å². The third kappa shape index (κ3) is 4.43. The summed E-state index contributed by atoms with van der Waals surface area (Å²) in [7, 11) is -2.84. The van der Waals surface area contributed by atoms with Crippen LogP contribution in [-0.2, 0) is 16.3 Å². The Labute approximate surface area is 87.0 Å². The van der Waals surface area contributed by atoms with Crippen LogP contribution in [0.25, 0.3) is 0 Å². The van der Waals surface area contributed by atoms with E-state index in [0.717, 1.165) is 10.0 Å². The van der Waals surface area contributed by atoms with Crippen molar-refractivity contribution >= 4 is 25.8 Å². The van der Waals surface area contributed by atoms with Crippen molar-refractivity contribution in [3.63, 3.8) is 0 Å². The third-order valence-electron chi connectivity index (χ3n) is 1.67. The van der Waals surface area contributed by atoms with E-state index >= 15 is 0 Å². The fourth-order valence-electron chi connectivity index (χ4n) is 0.954. The molecule has 0 radical (unpaired) electrons. The van der Waals surface area contributed by atoms with Crippen LogP contribution in [-0.4, -0.2) is 20.4 Å². The minimum Gasteiger partial charge on any atom is -0.229 e. The number of aryl methyl sites for hydroxylation is 1. The highest BCUT2D eigenvalue weighted by Gasteiger charge is 2.02. The zero-order chi connectivity index (χ0) is 9.90.